The molecule has 0 spiro atoms. The van der Waals surface area contributed by atoms with E-state index in [9.17, 15) is 13.2 Å². The highest BCUT2D eigenvalue weighted by Crippen LogP contribution is 2.25. The topological polar surface area (TPSA) is 28.7 Å². The SMILES string of the molecule is FC(F)(F)Cc1c[nH]c2ccncc12. The van der Waals surface area contributed by atoms with Gasteiger partial charge in [0.2, 0.25) is 0 Å². The van der Waals surface area contributed by atoms with Gasteiger partial charge in [-0.25, -0.2) is 0 Å². The fourth-order valence-electron chi connectivity index (χ4n) is 1.38. The van der Waals surface area contributed by atoms with Crippen LogP contribution < -0.4 is 0 Å². The van der Waals surface area contributed by atoms with Crippen LogP contribution in [-0.2, 0) is 6.42 Å². The van der Waals surface area contributed by atoms with E-state index in [1.54, 1.807) is 6.07 Å². The number of hydrogen-bond acceptors (Lipinski definition) is 1. The Labute approximate surface area is 77.8 Å². The molecule has 2 heterocycles. The lowest BCUT2D eigenvalue weighted by Gasteiger charge is -2.03. The predicted octanol–water partition coefficient (Wildman–Crippen LogP) is 2.67. The minimum atomic E-state index is -4.18. The first-order chi connectivity index (χ1) is 6.56. The summed E-state index contributed by atoms with van der Waals surface area (Å²) in [6.07, 6.45) is -0.743. The van der Waals surface area contributed by atoms with Crippen molar-refractivity contribution < 1.29 is 13.2 Å². The van der Waals surface area contributed by atoms with Crippen LogP contribution in [0, 0.1) is 0 Å². The van der Waals surface area contributed by atoms with Gasteiger partial charge in [-0.05, 0) is 11.6 Å². The van der Waals surface area contributed by atoms with Gasteiger partial charge in [-0.2, -0.15) is 13.2 Å². The van der Waals surface area contributed by atoms with E-state index < -0.39 is 12.6 Å². The molecule has 0 amide bonds. The van der Waals surface area contributed by atoms with Crippen molar-refractivity contribution in [3.63, 3.8) is 0 Å². The van der Waals surface area contributed by atoms with Gasteiger partial charge in [0, 0.05) is 29.5 Å². The molecule has 0 aliphatic carbocycles. The third-order valence-corrected chi connectivity index (χ3v) is 1.96. The fourth-order valence-corrected chi connectivity index (χ4v) is 1.38. The van der Waals surface area contributed by atoms with Gasteiger partial charge in [0.15, 0.2) is 0 Å². The van der Waals surface area contributed by atoms with Crippen LogP contribution in [0.25, 0.3) is 10.9 Å². The molecule has 0 bridgehead atoms. The Morgan fingerprint density at radius 1 is 1.36 bits per heavy atom. The number of aromatic nitrogens is 2. The van der Waals surface area contributed by atoms with E-state index in [4.69, 9.17) is 0 Å². The van der Waals surface area contributed by atoms with Crippen LogP contribution in [0.5, 0.6) is 0 Å². The quantitative estimate of drug-likeness (QED) is 0.753. The summed E-state index contributed by atoms with van der Waals surface area (Å²) in [5.74, 6) is 0. The average molecular weight is 200 g/mol. The molecule has 2 rings (SSSR count). The van der Waals surface area contributed by atoms with E-state index in [1.807, 2.05) is 0 Å². The highest BCUT2D eigenvalue weighted by molar-refractivity contribution is 5.82. The average Bonchev–Trinajstić information content (AvgIpc) is 2.47. The van der Waals surface area contributed by atoms with Crippen LogP contribution in [-0.4, -0.2) is 16.1 Å². The molecule has 5 heteroatoms. The molecule has 0 radical (unpaired) electrons. The van der Waals surface area contributed by atoms with Crippen molar-refractivity contribution >= 4 is 10.9 Å². The number of alkyl halides is 3. The van der Waals surface area contributed by atoms with Gasteiger partial charge < -0.3 is 4.98 Å². The molecule has 0 saturated heterocycles. The van der Waals surface area contributed by atoms with Gasteiger partial charge in [-0.3, -0.25) is 4.98 Å². The van der Waals surface area contributed by atoms with Crippen LogP contribution in [0.15, 0.2) is 24.7 Å². The van der Waals surface area contributed by atoms with Crippen LogP contribution in [0.2, 0.25) is 0 Å². The minimum Gasteiger partial charge on any atom is -0.361 e. The minimum absolute atomic E-state index is 0.237. The zero-order chi connectivity index (χ0) is 10.2. The summed E-state index contributed by atoms with van der Waals surface area (Å²) in [4.78, 5) is 6.56. The molecule has 14 heavy (non-hydrogen) atoms. The monoisotopic (exact) mass is 200 g/mol. The molecule has 1 N–H and O–H groups in total. The van der Waals surface area contributed by atoms with Crippen LogP contribution in [0.3, 0.4) is 0 Å². The van der Waals surface area contributed by atoms with Gasteiger partial charge in [-0.15, -0.1) is 0 Å². The van der Waals surface area contributed by atoms with Crippen LogP contribution in [0.4, 0.5) is 13.2 Å². The number of halogens is 3. The van der Waals surface area contributed by atoms with Gasteiger partial charge in [-0.1, -0.05) is 0 Å². The van der Waals surface area contributed by atoms with E-state index >= 15 is 0 Å². The number of rotatable bonds is 1. The van der Waals surface area contributed by atoms with Crippen LogP contribution in [0.1, 0.15) is 5.56 Å². The Balaban J connectivity index is 2.44. The maximum Gasteiger partial charge on any atom is 0.393 e. The molecule has 0 aliphatic rings. The Morgan fingerprint density at radius 3 is 2.86 bits per heavy atom. The first kappa shape index (κ1) is 9.05. The highest BCUT2D eigenvalue weighted by atomic mass is 19.4. The number of hydrogen-bond donors (Lipinski definition) is 1. The molecule has 0 fully saturated rings. The van der Waals surface area contributed by atoms with Gasteiger partial charge in [0.25, 0.3) is 0 Å². The standard InChI is InChI=1S/C9H7F3N2/c10-9(11,12)3-6-4-14-8-1-2-13-5-7(6)8/h1-2,4-5,14H,3H2. The summed E-state index contributed by atoms with van der Waals surface area (Å²) in [6.45, 7) is 0. The van der Waals surface area contributed by atoms with Gasteiger partial charge >= 0.3 is 6.18 Å². The van der Waals surface area contributed by atoms with Crippen molar-refractivity contribution in [2.45, 2.75) is 12.6 Å². The molecule has 0 unspecified atom stereocenters. The smallest absolute Gasteiger partial charge is 0.361 e. The molecule has 0 atom stereocenters. The highest BCUT2D eigenvalue weighted by Gasteiger charge is 2.28. The van der Waals surface area contributed by atoms with Gasteiger partial charge in [0.1, 0.15) is 0 Å². The van der Waals surface area contributed by atoms with Gasteiger partial charge in [0.05, 0.1) is 6.42 Å². The number of nitrogens with zero attached hydrogens (tertiary/aromatic N) is 1. The van der Waals surface area contributed by atoms with Crippen molar-refractivity contribution in [1.82, 2.24) is 9.97 Å². The lowest BCUT2D eigenvalue weighted by atomic mass is 10.1. The molecular formula is C9H7F3N2. The second kappa shape index (κ2) is 3.01. The fraction of sp³-hybridized carbons (Fsp3) is 0.222. The summed E-state index contributed by atoms with van der Waals surface area (Å²) >= 11 is 0. The second-order valence-corrected chi connectivity index (χ2v) is 3.03. The lowest BCUT2D eigenvalue weighted by Crippen LogP contribution is -2.10. The Morgan fingerprint density at radius 2 is 2.14 bits per heavy atom. The first-order valence-electron chi connectivity index (χ1n) is 4.03. The Kier molecular flexibility index (Phi) is 1.94. The third kappa shape index (κ3) is 1.71. The van der Waals surface area contributed by atoms with Crippen molar-refractivity contribution in [2.75, 3.05) is 0 Å². The maximum atomic E-state index is 12.1. The summed E-state index contributed by atoms with van der Waals surface area (Å²) in [6, 6.07) is 1.65. The lowest BCUT2D eigenvalue weighted by molar-refractivity contribution is -0.127. The first-order valence-corrected chi connectivity index (χ1v) is 4.03. The molecular weight excluding hydrogens is 193 g/mol. The van der Waals surface area contributed by atoms with Crippen molar-refractivity contribution in [2.24, 2.45) is 0 Å². The molecule has 2 aromatic heterocycles. The number of aromatic amines is 1. The molecule has 0 aliphatic heterocycles. The number of H-pyrrole nitrogens is 1. The summed E-state index contributed by atoms with van der Waals surface area (Å²) in [7, 11) is 0. The number of nitrogens with one attached hydrogen (secondary N) is 1. The van der Waals surface area contributed by atoms with E-state index in [2.05, 4.69) is 9.97 Å². The normalized spacial score (nSPS) is 12.2. The zero-order valence-electron chi connectivity index (χ0n) is 7.10. The third-order valence-electron chi connectivity index (χ3n) is 1.96. The van der Waals surface area contributed by atoms with Crippen molar-refractivity contribution in [3.8, 4) is 0 Å². The number of pyridine rings is 1. The van der Waals surface area contributed by atoms with E-state index in [0.717, 1.165) is 0 Å². The molecule has 0 aromatic carbocycles. The van der Waals surface area contributed by atoms with E-state index in [-0.39, 0.29) is 5.56 Å². The Bertz CT molecular complexity index is 444. The molecule has 74 valence electrons. The summed E-state index contributed by atoms with van der Waals surface area (Å²) < 4.78 is 36.3. The van der Waals surface area contributed by atoms with Crippen LogP contribution >= 0.6 is 0 Å². The zero-order valence-corrected chi connectivity index (χ0v) is 7.10. The van der Waals surface area contributed by atoms with Crippen molar-refractivity contribution in [1.29, 1.82) is 0 Å². The second-order valence-electron chi connectivity index (χ2n) is 3.03. The summed E-state index contributed by atoms with van der Waals surface area (Å²) in [5.41, 5.74) is 0.917. The largest absolute Gasteiger partial charge is 0.393 e. The summed E-state index contributed by atoms with van der Waals surface area (Å²) in [5, 5.41) is 0.532. The molecule has 2 aromatic rings. The molecule has 0 saturated carbocycles. The van der Waals surface area contributed by atoms with E-state index in [1.165, 1.54) is 18.6 Å². The predicted molar refractivity (Wildman–Crippen MR) is 45.9 cm³/mol. The molecule has 2 nitrogen and oxygen atoms in total. The maximum absolute atomic E-state index is 12.1. The Hall–Kier alpha value is -1.52. The van der Waals surface area contributed by atoms with Crippen molar-refractivity contribution in [3.05, 3.63) is 30.2 Å². The number of fused-ring (bicyclic) bond motifs is 1. The van der Waals surface area contributed by atoms with E-state index in [0.29, 0.717) is 10.9 Å².